The van der Waals surface area contributed by atoms with Crippen molar-refractivity contribution in [2.24, 2.45) is 0 Å². The Bertz CT molecular complexity index is 887. The van der Waals surface area contributed by atoms with Gasteiger partial charge in [-0.2, -0.15) is 0 Å². The first kappa shape index (κ1) is 18.2. The monoisotopic (exact) mass is 392 g/mol. The summed E-state index contributed by atoms with van der Waals surface area (Å²) >= 11 is 11.8. The van der Waals surface area contributed by atoms with Gasteiger partial charge in [-0.05, 0) is 30.3 Å². The number of nitrogens with zero attached hydrogens (tertiary/aromatic N) is 3. The SMILES string of the molecule is O=C(COc1ccc(Cl)cc1Cl)NCCc1nnc(-c2ccncc2)o1. The minimum Gasteiger partial charge on any atom is -0.482 e. The van der Waals surface area contributed by atoms with E-state index in [4.69, 9.17) is 32.4 Å². The van der Waals surface area contributed by atoms with E-state index in [0.29, 0.717) is 40.5 Å². The predicted molar refractivity (Wildman–Crippen MR) is 96.2 cm³/mol. The molecule has 3 rings (SSSR count). The van der Waals surface area contributed by atoms with Gasteiger partial charge in [0.15, 0.2) is 6.61 Å². The number of pyridine rings is 1. The Balaban J connectivity index is 1.43. The molecule has 0 aliphatic heterocycles. The number of rotatable bonds is 7. The summed E-state index contributed by atoms with van der Waals surface area (Å²) in [5.74, 6) is 0.947. The molecule has 9 heteroatoms. The molecule has 1 N–H and O–H groups in total. The molecule has 0 radical (unpaired) electrons. The lowest BCUT2D eigenvalue weighted by molar-refractivity contribution is -0.123. The summed E-state index contributed by atoms with van der Waals surface area (Å²) in [6.45, 7) is 0.183. The van der Waals surface area contributed by atoms with Crippen LogP contribution < -0.4 is 10.1 Å². The molecule has 0 unspecified atom stereocenters. The van der Waals surface area contributed by atoms with E-state index in [1.807, 2.05) is 0 Å². The third-order valence-corrected chi connectivity index (χ3v) is 3.84. The second kappa shape index (κ2) is 8.64. The van der Waals surface area contributed by atoms with Gasteiger partial charge in [-0.1, -0.05) is 23.2 Å². The molecule has 134 valence electrons. The summed E-state index contributed by atoms with van der Waals surface area (Å²) in [6.07, 6.45) is 3.70. The summed E-state index contributed by atoms with van der Waals surface area (Å²) in [6, 6.07) is 8.34. The van der Waals surface area contributed by atoms with Crippen molar-refractivity contribution in [2.45, 2.75) is 6.42 Å². The molecule has 0 saturated carbocycles. The van der Waals surface area contributed by atoms with Gasteiger partial charge in [0.1, 0.15) is 5.75 Å². The van der Waals surface area contributed by atoms with Crippen LogP contribution in [-0.4, -0.2) is 34.2 Å². The first-order chi connectivity index (χ1) is 12.6. The number of carbonyl (C=O) groups excluding carboxylic acids is 1. The summed E-state index contributed by atoms with van der Waals surface area (Å²) in [7, 11) is 0. The van der Waals surface area contributed by atoms with Gasteiger partial charge in [0, 0.05) is 35.9 Å². The zero-order valence-corrected chi connectivity index (χ0v) is 15.0. The lowest BCUT2D eigenvalue weighted by atomic mass is 10.3. The molecule has 1 amide bonds. The Morgan fingerprint density at radius 2 is 1.96 bits per heavy atom. The van der Waals surface area contributed by atoms with Crippen LogP contribution in [0.15, 0.2) is 47.1 Å². The molecular formula is C17H14Cl2N4O3. The number of halogens is 2. The molecule has 3 aromatic rings. The van der Waals surface area contributed by atoms with Gasteiger partial charge in [-0.3, -0.25) is 9.78 Å². The average molecular weight is 393 g/mol. The van der Waals surface area contributed by atoms with Crippen LogP contribution in [0.4, 0.5) is 0 Å². The largest absolute Gasteiger partial charge is 0.482 e. The Morgan fingerprint density at radius 3 is 2.73 bits per heavy atom. The molecule has 0 aliphatic carbocycles. The first-order valence-electron chi connectivity index (χ1n) is 7.69. The zero-order chi connectivity index (χ0) is 18.4. The number of nitrogens with one attached hydrogen (secondary N) is 1. The van der Waals surface area contributed by atoms with E-state index in [9.17, 15) is 4.79 Å². The normalized spacial score (nSPS) is 10.5. The van der Waals surface area contributed by atoms with Gasteiger partial charge in [0.2, 0.25) is 11.8 Å². The Kier molecular flexibility index (Phi) is 6.04. The Hall–Kier alpha value is -2.64. The van der Waals surface area contributed by atoms with Crippen molar-refractivity contribution >= 4 is 29.1 Å². The van der Waals surface area contributed by atoms with Crippen LogP contribution in [0.25, 0.3) is 11.5 Å². The smallest absolute Gasteiger partial charge is 0.257 e. The van der Waals surface area contributed by atoms with Crippen LogP contribution in [0.5, 0.6) is 5.75 Å². The van der Waals surface area contributed by atoms with Crippen LogP contribution in [0, 0.1) is 0 Å². The van der Waals surface area contributed by atoms with E-state index in [2.05, 4.69) is 20.5 Å². The second-order valence-electron chi connectivity index (χ2n) is 5.20. The van der Waals surface area contributed by atoms with E-state index in [0.717, 1.165) is 5.56 Å². The summed E-state index contributed by atoms with van der Waals surface area (Å²) in [5.41, 5.74) is 0.788. The second-order valence-corrected chi connectivity index (χ2v) is 6.04. The molecule has 2 aromatic heterocycles. The Labute approximate surface area is 159 Å². The maximum absolute atomic E-state index is 11.8. The van der Waals surface area contributed by atoms with Crippen molar-refractivity contribution in [3.8, 4) is 17.2 Å². The standard InChI is InChI=1S/C17H14Cl2N4O3/c18-12-1-2-14(13(19)9-12)25-10-15(24)21-8-5-16-22-23-17(26-16)11-3-6-20-7-4-11/h1-4,6-7,9H,5,8,10H2,(H,21,24). The van der Waals surface area contributed by atoms with Crippen molar-refractivity contribution in [1.82, 2.24) is 20.5 Å². The quantitative estimate of drug-likeness (QED) is 0.663. The number of hydrogen-bond acceptors (Lipinski definition) is 6. The molecule has 0 aliphatic rings. The van der Waals surface area contributed by atoms with E-state index in [1.165, 1.54) is 0 Å². The van der Waals surface area contributed by atoms with Crippen LogP contribution >= 0.6 is 23.2 Å². The van der Waals surface area contributed by atoms with Crippen LogP contribution in [-0.2, 0) is 11.2 Å². The highest BCUT2D eigenvalue weighted by Gasteiger charge is 2.10. The predicted octanol–water partition coefficient (Wildman–Crippen LogP) is 3.18. The molecule has 0 bridgehead atoms. The minimum atomic E-state index is -0.287. The maximum atomic E-state index is 11.8. The van der Waals surface area contributed by atoms with Gasteiger partial charge in [-0.15, -0.1) is 10.2 Å². The van der Waals surface area contributed by atoms with Crippen molar-refractivity contribution in [1.29, 1.82) is 0 Å². The number of carbonyl (C=O) groups is 1. The van der Waals surface area contributed by atoms with E-state index in [-0.39, 0.29) is 12.5 Å². The van der Waals surface area contributed by atoms with Gasteiger partial charge in [-0.25, -0.2) is 0 Å². The molecule has 0 saturated heterocycles. The third kappa shape index (κ3) is 4.93. The van der Waals surface area contributed by atoms with Crippen LogP contribution in [0.1, 0.15) is 5.89 Å². The lowest BCUT2D eigenvalue weighted by Crippen LogP contribution is -2.30. The summed E-state index contributed by atoms with van der Waals surface area (Å²) in [5, 5.41) is 11.5. The minimum absolute atomic E-state index is 0.159. The summed E-state index contributed by atoms with van der Waals surface area (Å²) < 4.78 is 10.9. The molecule has 0 spiro atoms. The number of ether oxygens (including phenoxy) is 1. The van der Waals surface area contributed by atoms with E-state index in [1.54, 1.807) is 42.7 Å². The third-order valence-electron chi connectivity index (χ3n) is 3.31. The lowest BCUT2D eigenvalue weighted by Gasteiger charge is -2.08. The molecule has 2 heterocycles. The van der Waals surface area contributed by atoms with Crippen LogP contribution in [0.2, 0.25) is 10.0 Å². The van der Waals surface area contributed by atoms with Crippen LogP contribution in [0.3, 0.4) is 0 Å². The first-order valence-corrected chi connectivity index (χ1v) is 8.45. The van der Waals surface area contributed by atoms with Crippen molar-refractivity contribution in [3.05, 3.63) is 58.7 Å². The molecule has 26 heavy (non-hydrogen) atoms. The summed E-state index contributed by atoms with van der Waals surface area (Å²) in [4.78, 5) is 15.8. The van der Waals surface area contributed by atoms with Gasteiger partial charge >= 0.3 is 0 Å². The van der Waals surface area contributed by atoms with Crippen molar-refractivity contribution in [2.75, 3.05) is 13.2 Å². The highest BCUT2D eigenvalue weighted by molar-refractivity contribution is 6.35. The van der Waals surface area contributed by atoms with Gasteiger partial charge in [0.05, 0.1) is 5.02 Å². The van der Waals surface area contributed by atoms with Gasteiger partial charge < -0.3 is 14.5 Å². The van der Waals surface area contributed by atoms with E-state index >= 15 is 0 Å². The number of hydrogen-bond donors (Lipinski definition) is 1. The van der Waals surface area contributed by atoms with E-state index < -0.39 is 0 Å². The van der Waals surface area contributed by atoms with Gasteiger partial charge in [0.25, 0.3) is 5.91 Å². The highest BCUT2D eigenvalue weighted by Crippen LogP contribution is 2.27. The molecule has 1 aromatic carbocycles. The molecule has 0 atom stereocenters. The maximum Gasteiger partial charge on any atom is 0.257 e. The zero-order valence-electron chi connectivity index (χ0n) is 13.5. The highest BCUT2D eigenvalue weighted by atomic mass is 35.5. The van der Waals surface area contributed by atoms with Crippen molar-refractivity contribution < 1.29 is 13.9 Å². The number of benzene rings is 1. The average Bonchev–Trinajstić information content (AvgIpc) is 3.11. The fourth-order valence-electron chi connectivity index (χ4n) is 2.06. The number of amides is 1. The molecule has 7 nitrogen and oxygen atoms in total. The Morgan fingerprint density at radius 1 is 1.15 bits per heavy atom. The van der Waals surface area contributed by atoms with Crippen molar-refractivity contribution in [3.63, 3.8) is 0 Å². The molecular weight excluding hydrogens is 379 g/mol. The molecule has 0 fully saturated rings. The number of aromatic nitrogens is 3. The fourth-order valence-corrected chi connectivity index (χ4v) is 2.52. The topological polar surface area (TPSA) is 90.1 Å². The fraction of sp³-hybridized carbons (Fsp3) is 0.176.